The molecule has 1 heterocycles. The molecule has 4 nitrogen and oxygen atoms in total. The second-order valence-corrected chi connectivity index (χ2v) is 6.18. The zero-order chi connectivity index (χ0) is 15.2. The summed E-state index contributed by atoms with van der Waals surface area (Å²) in [6, 6.07) is 10.5. The summed E-state index contributed by atoms with van der Waals surface area (Å²) in [7, 11) is 0. The first-order chi connectivity index (χ1) is 9.85. The summed E-state index contributed by atoms with van der Waals surface area (Å²) in [5, 5.41) is 10.2. The van der Waals surface area contributed by atoms with Crippen molar-refractivity contribution in [3.63, 3.8) is 0 Å². The van der Waals surface area contributed by atoms with Gasteiger partial charge in [-0.05, 0) is 23.8 Å². The van der Waals surface area contributed by atoms with Crippen molar-refractivity contribution in [1.82, 2.24) is 0 Å². The van der Waals surface area contributed by atoms with E-state index in [1.165, 1.54) is 6.07 Å². The minimum atomic E-state index is -1.03. The topological polar surface area (TPSA) is 55.8 Å². The number of phenolic OH excluding ortho intramolecular Hbond substituents is 1. The van der Waals surface area contributed by atoms with Crippen LogP contribution in [0.4, 0.5) is 0 Å². The van der Waals surface area contributed by atoms with Crippen LogP contribution in [0.5, 0.6) is 11.5 Å². The molecule has 1 N–H and O–H groups in total. The highest BCUT2D eigenvalue weighted by Crippen LogP contribution is 2.40. The molecule has 21 heavy (non-hydrogen) atoms. The minimum absolute atomic E-state index is 0.0570. The second-order valence-electron chi connectivity index (χ2n) is 5.26. The molecular weight excluding hydrogens is 336 g/mol. The van der Waals surface area contributed by atoms with Gasteiger partial charge in [0.05, 0.1) is 0 Å². The lowest BCUT2D eigenvalue weighted by Gasteiger charge is -2.32. The van der Waals surface area contributed by atoms with Crippen molar-refractivity contribution in [1.29, 1.82) is 0 Å². The molecule has 0 spiro atoms. The number of ether oxygens (including phenoxy) is 2. The summed E-state index contributed by atoms with van der Waals surface area (Å²) < 4.78 is 11.7. The van der Waals surface area contributed by atoms with Gasteiger partial charge in [0.1, 0.15) is 17.1 Å². The number of esters is 1. The van der Waals surface area contributed by atoms with Gasteiger partial charge in [-0.25, -0.2) is 4.79 Å². The maximum atomic E-state index is 12.1. The van der Waals surface area contributed by atoms with Crippen molar-refractivity contribution >= 4 is 21.9 Å². The van der Waals surface area contributed by atoms with E-state index in [9.17, 15) is 9.90 Å². The first kappa shape index (κ1) is 13.9. The SMILES string of the molecule is CC1(C)OC(=O)c2cc(-c3ccc(Br)cc3)c(O)cc2O1. The van der Waals surface area contributed by atoms with Gasteiger partial charge < -0.3 is 14.6 Å². The Morgan fingerprint density at radius 3 is 2.38 bits per heavy atom. The first-order valence-electron chi connectivity index (χ1n) is 6.41. The molecule has 0 aliphatic carbocycles. The van der Waals surface area contributed by atoms with Crippen LogP contribution in [0.3, 0.4) is 0 Å². The van der Waals surface area contributed by atoms with Crippen LogP contribution in [0.2, 0.25) is 0 Å². The van der Waals surface area contributed by atoms with E-state index in [2.05, 4.69) is 15.9 Å². The molecule has 3 rings (SSSR count). The smallest absolute Gasteiger partial charge is 0.345 e. The van der Waals surface area contributed by atoms with Crippen molar-refractivity contribution in [3.05, 3.63) is 46.4 Å². The molecule has 0 fully saturated rings. The molecule has 2 aromatic carbocycles. The zero-order valence-corrected chi connectivity index (χ0v) is 13.1. The standard InChI is InChI=1S/C16H13BrO4/c1-16(2)20-14-8-13(18)11(7-12(14)15(19)21-16)9-3-5-10(17)6-4-9/h3-8,18H,1-2H3. The van der Waals surface area contributed by atoms with Crippen LogP contribution in [-0.2, 0) is 4.74 Å². The van der Waals surface area contributed by atoms with Gasteiger partial charge in [-0.3, -0.25) is 0 Å². The number of rotatable bonds is 1. The molecule has 1 aliphatic heterocycles. The maximum absolute atomic E-state index is 12.1. The Morgan fingerprint density at radius 2 is 1.71 bits per heavy atom. The molecule has 0 radical (unpaired) electrons. The van der Waals surface area contributed by atoms with Crippen molar-refractivity contribution in [2.75, 3.05) is 0 Å². The van der Waals surface area contributed by atoms with Gasteiger partial charge in [0.15, 0.2) is 0 Å². The van der Waals surface area contributed by atoms with Gasteiger partial charge in [-0.1, -0.05) is 28.1 Å². The normalized spacial score (nSPS) is 15.9. The van der Waals surface area contributed by atoms with Crippen LogP contribution in [-0.4, -0.2) is 16.9 Å². The van der Waals surface area contributed by atoms with Crippen molar-refractivity contribution in [2.24, 2.45) is 0 Å². The summed E-state index contributed by atoms with van der Waals surface area (Å²) >= 11 is 3.36. The Labute approximate surface area is 130 Å². The van der Waals surface area contributed by atoms with Crippen LogP contribution >= 0.6 is 15.9 Å². The molecule has 2 aromatic rings. The van der Waals surface area contributed by atoms with E-state index in [1.807, 2.05) is 24.3 Å². The number of cyclic esters (lactones) is 1. The summed E-state index contributed by atoms with van der Waals surface area (Å²) in [5.74, 6) is -1.11. The fraction of sp³-hybridized carbons (Fsp3) is 0.188. The number of halogens is 1. The van der Waals surface area contributed by atoms with Crippen LogP contribution in [0, 0.1) is 0 Å². The lowest BCUT2D eigenvalue weighted by Crippen LogP contribution is -2.38. The van der Waals surface area contributed by atoms with E-state index in [0.717, 1.165) is 10.0 Å². The molecule has 0 amide bonds. The van der Waals surface area contributed by atoms with E-state index < -0.39 is 11.8 Å². The Morgan fingerprint density at radius 1 is 1.05 bits per heavy atom. The van der Waals surface area contributed by atoms with Crippen LogP contribution < -0.4 is 4.74 Å². The Kier molecular flexibility index (Phi) is 3.17. The third kappa shape index (κ3) is 2.61. The highest BCUT2D eigenvalue weighted by Gasteiger charge is 2.34. The van der Waals surface area contributed by atoms with Crippen molar-refractivity contribution in [3.8, 4) is 22.6 Å². The number of fused-ring (bicyclic) bond motifs is 1. The number of carbonyl (C=O) groups excluding carboxylic acids is 1. The second kappa shape index (κ2) is 4.77. The summed E-state index contributed by atoms with van der Waals surface area (Å²) in [6.07, 6.45) is 0. The van der Waals surface area contributed by atoms with Crippen molar-refractivity contribution < 1.29 is 19.4 Å². The third-order valence-corrected chi connectivity index (χ3v) is 3.70. The Hall–Kier alpha value is -2.01. The van der Waals surface area contributed by atoms with Gasteiger partial charge in [-0.15, -0.1) is 0 Å². The molecule has 0 aromatic heterocycles. The number of phenols is 1. The molecule has 0 saturated carbocycles. The van der Waals surface area contributed by atoms with Gasteiger partial charge in [-0.2, -0.15) is 0 Å². The highest BCUT2D eigenvalue weighted by molar-refractivity contribution is 9.10. The van der Waals surface area contributed by atoms with Gasteiger partial charge in [0.2, 0.25) is 5.79 Å². The molecule has 1 aliphatic rings. The molecule has 0 unspecified atom stereocenters. The molecule has 0 atom stereocenters. The van der Waals surface area contributed by atoms with Crippen LogP contribution in [0.15, 0.2) is 40.9 Å². The van der Waals surface area contributed by atoms with Gasteiger partial charge in [0, 0.05) is 30.0 Å². The lowest BCUT2D eigenvalue weighted by atomic mass is 10.0. The maximum Gasteiger partial charge on any atom is 0.345 e. The average Bonchev–Trinajstić information content (AvgIpc) is 2.38. The minimum Gasteiger partial charge on any atom is -0.507 e. The predicted molar refractivity (Wildman–Crippen MR) is 81.4 cm³/mol. The quantitative estimate of drug-likeness (QED) is 0.788. The molecule has 0 saturated heterocycles. The monoisotopic (exact) mass is 348 g/mol. The van der Waals surface area contributed by atoms with Crippen LogP contribution in [0.25, 0.3) is 11.1 Å². The number of hydrogen-bond donors (Lipinski definition) is 1. The largest absolute Gasteiger partial charge is 0.507 e. The first-order valence-corrected chi connectivity index (χ1v) is 7.20. The Balaban J connectivity index is 2.12. The van der Waals surface area contributed by atoms with E-state index in [4.69, 9.17) is 9.47 Å². The third-order valence-electron chi connectivity index (χ3n) is 3.17. The number of hydrogen-bond acceptors (Lipinski definition) is 4. The summed E-state index contributed by atoms with van der Waals surface area (Å²) in [4.78, 5) is 12.1. The van der Waals surface area contributed by atoms with E-state index in [-0.39, 0.29) is 5.75 Å². The highest BCUT2D eigenvalue weighted by atomic mass is 79.9. The molecule has 5 heteroatoms. The predicted octanol–water partition coefficient (Wildman–Crippen LogP) is 4.11. The number of carbonyl (C=O) groups is 1. The molecule has 0 bridgehead atoms. The average molecular weight is 349 g/mol. The van der Waals surface area contributed by atoms with E-state index in [0.29, 0.717) is 16.9 Å². The zero-order valence-electron chi connectivity index (χ0n) is 11.5. The summed E-state index contributed by atoms with van der Waals surface area (Å²) in [5.41, 5.74) is 1.67. The summed E-state index contributed by atoms with van der Waals surface area (Å²) in [6.45, 7) is 3.29. The van der Waals surface area contributed by atoms with Crippen molar-refractivity contribution in [2.45, 2.75) is 19.6 Å². The lowest BCUT2D eigenvalue weighted by molar-refractivity contribution is -0.127. The van der Waals surface area contributed by atoms with Gasteiger partial charge in [0.25, 0.3) is 0 Å². The Bertz CT molecular complexity index is 720. The fourth-order valence-corrected chi connectivity index (χ4v) is 2.50. The number of aromatic hydroxyl groups is 1. The molecule has 108 valence electrons. The number of benzene rings is 2. The fourth-order valence-electron chi connectivity index (χ4n) is 2.24. The molecular formula is C16H13BrO4. The van der Waals surface area contributed by atoms with E-state index in [1.54, 1.807) is 19.9 Å². The van der Waals surface area contributed by atoms with E-state index >= 15 is 0 Å². The van der Waals surface area contributed by atoms with Crippen LogP contribution in [0.1, 0.15) is 24.2 Å². The van der Waals surface area contributed by atoms with Gasteiger partial charge >= 0.3 is 5.97 Å².